The van der Waals surface area contributed by atoms with Gasteiger partial charge in [0.25, 0.3) is 0 Å². The van der Waals surface area contributed by atoms with Crippen molar-refractivity contribution in [1.82, 2.24) is 4.90 Å². The van der Waals surface area contributed by atoms with E-state index in [1.54, 1.807) is 7.11 Å². The van der Waals surface area contributed by atoms with Gasteiger partial charge in [-0.05, 0) is 49.0 Å². The topological polar surface area (TPSA) is 12.5 Å². The summed E-state index contributed by atoms with van der Waals surface area (Å²) in [5.41, 5.74) is 1.40. The third-order valence-electron chi connectivity index (χ3n) is 4.09. The van der Waals surface area contributed by atoms with Crippen molar-refractivity contribution < 1.29 is 4.74 Å². The number of hydrogen-bond acceptors (Lipinski definition) is 2. The molecule has 2 heteroatoms. The zero-order valence-corrected chi connectivity index (χ0v) is 13.1. The van der Waals surface area contributed by atoms with Crippen LogP contribution in [-0.4, -0.2) is 31.6 Å². The first-order valence-corrected chi connectivity index (χ1v) is 7.52. The van der Waals surface area contributed by atoms with Gasteiger partial charge < -0.3 is 9.64 Å². The van der Waals surface area contributed by atoms with Gasteiger partial charge in [0, 0.05) is 6.54 Å². The lowest BCUT2D eigenvalue weighted by atomic mass is 9.84. The van der Waals surface area contributed by atoms with Gasteiger partial charge in [-0.15, -0.1) is 0 Å². The van der Waals surface area contributed by atoms with Gasteiger partial charge in [-0.1, -0.05) is 39.8 Å². The van der Waals surface area contributed by atoms with E-state index in [-0.39, 0.29) is 0 Å². The minimum absolute atomic E-state index is 0.607. The van der Waals surface area contributed by atoms with E-state index in [9.17, 15) is 0 Å². The SMILES string of the molecule is CCC(c1cccc(OC)c1)C(C)CN(CC)CC. The van der Waals surface area contributed by atoms with Crippen LogP contribution in [0.25, 0.3) is 0 Å². The summed E-state index contributed by atoms with van der Waals surface area (Å²) in [6.45, 7) is 12.6. The van der Waals surface area contributed by atoms with E-state index < -0.39 is 0 Å². The maximum absolute atomic E-state index is 5.34. The lowest BCUT2D eigenvalue weighted by molar-refractivity contribution is 0.239. The van der Waals surface area contributed by atoms with Crippen molar-refractivity contribution in [2.75, 3.05) is 26.7 Å². The standard InChI is InChI=1S/C17H29NO/c1-6-17(14(4)13-18(7-2)8-3)15-10-9-11-16(12-15)19-5/h9-12,14,17H,6-8,13H2,1-5H3. The number of ether oxygens (including phenoxy) is 1. The molecule has 2 unspecified atom stereocenters. The largest absolute Gasteiger partial charge is 0.497 e. The van der Waals surface area contributed by atoms with Crippen LogP contribution >= 0.6 is 0 Å². The van der Waals surface area contributed by atoms with Crippen molar-refractivity contribution in [3.63, 3.8) is 0 Å². The summed E-state index contributed by atoms with van der Waals surface area (Å²) < 4.78 is 5.34. The van der Waals surface area contributed by atoms with Crippen molar-refractivity contribution >= 4 is 0 Å². The summed E-state index contributed by atoms with van der Waals surface area (Å²) in [5.74, 6) is 2.23. The van der Waals surface area contributed by atoms with Crippen molar-refractivity contribution in [2.24, 2.45) is 5.92 Å². The van der Waals surface area contributed by atoms with E-state index in [4.69, 9.17) is 4.74 Å². The molecule has 0 aromatic heterocycles. The van der Waals surface area contributed by atoms with E-state index >= 15 is 0 Å². The van der Waals surface area contributed by atoms with Crippen LogP contribution < -0.4 is 4.74 Å². The highest BCUT2D eigenvalue weighted by Crippen LogP contribution is 2.30. The molecule has 0 spiro atoms. The Labute approximate surface area is 118 Å². The molecule has 2 nitrogen and oxygen atoms in total. The zero-order chi connectivity index (χ0) is 14.3. The molecule has 0 bridgehead atoms. The van der Waals surface area contributed by atoms with Crippen molar-refractivity contribution in [2.45, 2.75) is 40.0 Å². The number of hydrogen-bond donors (Lipinski definition) is 0. The Kier molecular flexibility index (Phi) is 6.93. The molecule has 108 valence electrons. The molecule has 19 heavy (non-hydrogen) atoms. The van der Waals surface area contributed by atoms with Gasteiger partial charge in [-0.25, -0.2) is 0 Å². The maximum Gasteiger partial charge on any atom is 0.119 e. The quantitative estimate of drug-likeness (QED) is 0.698. The number of methoxy groups -OCH3 is 1. The Hall–Kier alpha value is -1.02. The van der Waals surface area contributed by atoms with Crippen LogP contribution in [0.4, 0.5) is 0 Å². The first-order valence-electron chi connectivity index (χ1n) is 7.52. The predicted molar refractivity (Wildman–Crippen MR) is 83.0 cm³/mol. The second-order valence-electron chi connectivity index (χ2n) is 5.25. The molecule has 0 radical (unpaired) electrons. The number of nitrogens with zero attached hydrogens (tertiary/aromatic N) is 1. The second-order valence-corrected chi connectivity index (χ2v) is 5.25. The fourth-order valence-corrected chi connectivity index (χ4v) is 2.86. The molecule has 0 aliphatic carbocycles. The molecule has 1 aromatic carbocycles. The van der Waals surface area contributed by atoms with Crippen molar-refractivity contribution in [3.8, 4) is 5.75 Å². The van der Waals surface area contributed by atoms with Gasteiger partial charge in [0.2, 0.25) is 0 Å². The predicted octanol–water partition coefficient (Wildman–Crippen LogP) is 4.17. The molecule has 1 rings (SSSR count). The zero-order valence-electron chi connectivity index (χ0n) is 13.1. The van der Waals surface area contributed by atoms with Crippen molar-refractivity contribution in [3.05, 3.63) is 29.8 Å². The Morgan fingerprint density at radius 2 is 1.84 bits per heavy atom. The summed E-state index contributed by atoms with van der Waals surface area (Å²) >= 11 is 0. The van der Waals surface area contributed by atoms with Crippen LogP contribution in [0.15, 0.2) is 24.3 Å². The third-order valence-corrected chi connectivity index (χ3v) is 4.09. The average Bonchev–Trinajstić information content (AvgIpc) is 2.45. The van der Waals surface area contributed by atoms with Gasteiger partial charge in [-0.3, -0.25) is 0 Å². The van der Waals surface area contributed by atoms with E-state index in [1.165, 1.54) is 18.5 Å². The molecule has 0 heterocycles. The summed E-state index contributed by atoms with van der Waals surface area (Å²) in [6, 6.07) is 8.54. The summed E-state index contributed by atoms with van der Waals surface area (Å²) in [5, 5.41) is 0. The Bertz CT molecular complexity index is 360. The monoisotopic (exact) mass is 263 g/mol. The number of benzene rings is 1. The van der Waals surface area contributed by atoms with Gasteiger partial charge in [-0.2, -0.15) is 0 Å². The summed E-state index contributed by atoms with van der Waals surface area (Å²) in [4.78, 5) is 2.51. The first-order chi connectivity index (χ1) is 9.15. The maximum atomic E-state index is 5.34. The van der Waals surface area contributed by atoms with Crippen molar-refractivity contribution in [1.29, 1.82) is 0 Å². The number of rotatable bonds is 8. The normalized spacial score (nSPS) is 14.4. The minimum atomic E-state index is 0.607. The minimum Gasteiger partial charge on any atom is -0.497 e. The lowest BCUT2D eigenvalue weighted by Crippen LogP contribution is -2.30. The van der Waals surface area contributed by atoms with Gasteiger partial charge in [0.15, 0.2) is 0 Å². The second kappa shape index (κ2) is 8.21. The Morgan fingerprint density at radius 3 is 2.37 bits per heavy atom. The van der Waals surface area contributed by atoms with Crippen LogP contribution in [0.2, 0.25) is 0 Å². The smallest absolute Gasteiger partial charge is 0.119 e. The van der Waals surface area contributed by atoms with Crippen LogP contribution in [0.1, 0.15) is 45.6 Å². The highest BCUT2D eigenvalue weighted by molar-refractivity contribution is 5.31. The van der Waals surface area contributed by atoms with Crippen LogP contribution in [0.5, 0.6) is 5.75 Å². The molecule has 1 aromatic rings. The molecule has 0 N–H and O–H groups in total. The molecule has 0 saturated heterocycles. The molecule has 0 amide bonds. The van der Waals surface area contributed by atoms with Crippen LogP contribution in [-0.2, 0) is 0 Å². The Balaban J connectivity index is 2.80. The molecular formula is C17H29NO. The molecule has 0 aliphatic rings. The summed E-state index contributed by atoms with van der Waals surface area (Å²) in [6.07, 6.45) is 1.18. The third kappa shape index (κ3) is 4.54. The average molecular weight is 263 g/mol. The molecule has 0 saturated carbocycles. The fraction of sp³-hybridized carbons (Fsp3) is 0.647. The van der Waals surface area contributed by atoms with E-state index in [0.717, 1.165) is 18.8 Å². The fourth-order valence-electron chi connectivity index (χ4n) is 2.86. The molecule has 2 atom stereocenters. The van der Waals surface area contributed by atoms with E-state index in [0.29, 0.717) is 11.8 Å². The van der Waals surface area contributed by atoms with Gasteiger partial charge in [0.05, 0.1) is 7.11 Å². The van der Waals surface area contributed by atoms with E-state index in [1.807, 2.05) is 6.07 Å². The molecular weight excluding hydrogens is 234 g/mol. The molecule has 0 aliphatic heterocycles. The highest BCUT2D eigenvalue weighted by atomic mass is 16.5. The van der Waals surface area contributed by atoms with Gasteiger partial charge >= 0.3 is 0 Å². The lowest BCUT2D eigenvalue weighted by Gasteiger charge is -2.29. The van der Waals surface area contributed by atoms with Gasteiger partial charge in [0.1, 0.15) is 5.75 Å². The molecule has 0 fully saturated rings. The van der Waals surface area contributed by atoms with Crippen LogP contribution in [0.3, 0.4) is 0 Å². The Morgan fingerprint density at radius 1 is 1.16 bits per heavy atom. The van der Waals surface area contributed by atoms with E-state index in [2.05, 4.69) is 50.8 Å². The highest BCUT2D eigenvalue weighted by Gasteiger charge is 2.19. The van der Waals surface area contributed by atoms with Crippen LogP contribution in [0, 0.1) is 5.92 Å². The summed E-state index contributed by atoms with van der Waals surface area (Å²) in [7, 11) is 1.74. The first kappa shape index (κ1) is 16.0.